The Morgan fingerprint density at radius 3 is 2.48 bits per heavy atom. The molecule has 0 saturated heterocycles. The van der Waals surface area contributed by atoms with Crippen LogP contribution in [0.3, 0.4) is 0 Å². The number of carbonyl (C=O) groups is 2. The minimum atomic E-state index is -0.365. The molecule has 4 nitrogen and oxygen atoms in total. The van der Waals surface area contributed by atoms with E-state index < -0.39 is 0 Å². The number of carbonyl (C=O) groups excluding carboxylic acids is 2. The van der Waals surface area contributed by atoms with E-state index in [1.165, 1.54) is 7.11 Å². The van der Waals surface area contributed by atoms with Crippen molar-refractivity contribution in [2.24, 2.45) is 0 Å². The summed E-state index contributed by atoms with van der Waals surface area (Å²) in [5, 5.41) is 0. The fourth-order valence-electron chi connectivity index (χ4n) is 1.98. The zero-order valence-electron chi connectivity index (χ0n) is 13.3. The van der Waals surface area contributed by atoms with Crippen molar-refractivity contribution in [3.8, 4) is 5.75 Å². The second-order valence-corrected chi connectivity index (χ2v) is 5.26. The average molecular weight is 292 g/mol. The molecule has 0 aromatic heterocycles. The molecule has 0 N–H and O–H groups in total. The van der Waals surface area contributed by atoms with Crippen LogP contribution < -0.4 is 4.74 Å². The molecule has 1 rings (SSSR count). The molecule has 0 saturated carbocycles. The average Bonchev–Trinajstić information content (AvgIpc) is 2.49. The number of ether oxygens (including phenoxy) is 2. The zero-order chi connectivity index (χ0) is 15.8. The van der Waals surface area contributed by atoms with Gasteiger partial charge in [0.25, 0.3) is 0 Å². The number of hydrogen-bond acceptors (Lipinski definition) is 4. The van der Waals surface area contributed by atoms with E-state index in [1.807, 2.05) is 12.1 Å². The molecule has 0 heterocycles. The minimum absolute atomic E-state index is 0.0515. The van der Waals surface area contributed by atoms with Gasteiger partial charge < -0.3 is 9.47 Å². The molecular weight excluding hydrogens is 268 g/mol. The van der Waals surface area contributed by atoms with Crippen LogP contribution in [0.25, 0.3) is 0 Å². The molecule has 0 aliphatic rings. The summed E-state index contributed by atoms with van der Waals surface area (Å²) in [6.07, 6.45) is 1.22. The second-order valence-electron chi connectivity index (χ2n) is 5.26. The summed E-state index contributed by atoms with van der Waals surface area (Å²) >= 11 is 0. The van der Waals surface area contributed by atoms with Gasteiger partial charge in [0, 0.05) is 12.0 Å². The van der Waals surface area contributed by atoms with Gasteiger partial charge >= 0.3 is 5.97 Å². The van der Waals surface area contributed by atoms with Crippen molar-refractivity contribution < 1.29 is 19.1 Å². The Hall–Kier alpha value is -1.84. The van der Waals surface area contributed by atoms with Crippen molar-refractivity contribution in [2.45, 2.75) is 46.0 Å². The monoisotopic (exact) mass is 292 g/mol. The van der Waals surface area contributed by atoms with Crippen molar-refractivity contribution in [1.29, 1.82) is 0 Å². The normalized spacial score (nSPS) is 10.5. The van der Waals surface area contributed by atoms with Crippen molar-refractivity contribution in [1.82, 2.24) is 0 Å². The molecule has 1 aromatic rings. The second kappa shape index (κ2) is 8.45. The first-order valence-corrected chi connectivity index (χ1v) is 7.36. The third-order valence-corrected chi connectivity index (χ3v) is 3.20. The molecule has 0 aliphatic carbocycles. The smallest absolute Gasteiger partial charge is 0.305 e. The lowest BCUT2D eigenvalue weighted by molar-refractivity contribution is -0.140. The third-order valence-electron chi connectivity index (χ3n) is 3.20. The van der Waals surface area contributed by atoms with E-state index in [0.29, 0.717) is 12.2 Å². The first-order chi connectivity index (χ1) is 9.99. The summed E-state index contributed by atoms with van der Waals surface area (Å²) in [7, 11) is 1.32. The first kappa shape index (κ1) is 17.2. The molecule has 1 aromatic carbocycles. The van der Waals surface area contributed by atoms with E-state index in [1.54, 1.807) is 6.07 Å². The zero-order valence-corrected chi connectivity index (χ0v) is 13.3. The van der Waals surface area contributed by atoms with Crippen LogP contribution in [-0.4, -0.2) is 25.5 Å². The standard InChI is InChI=1S/C17H24O4/c1-5-10-21-16-8-6-13(11-14(16)12(2)3)15(18)7-9-17(19)20-4/h6,8,11-12H,5,7,9-10H2,1-4H3. The van der Waals surface area contributed by atoms with E-state index in [-0.39, 0.29) is 30.5 Å². The van der Waals surface area contributed by atoms with Gasteiger partial charge in [0.15, 0.2) is 5.78 Å². The van der Waals surface area contributed by atoms with Gasteiger partial charge in [0.05, 0.1) is 20.1 Å². The number of rotatable bonds is 8. The van der Waals surface area contributed by atoms with E-state index in [9.17, 15) is 9.59 Å². The van der Waals surface area contributed by atoms with Crippen molar-refractivity contribution in [3.63, 3.8) is 0 Å². The number of hydrogen-bond donors (Lipinski definition) is 0. The van der Waals surface area contributed by atoms with Crippen molar-refractivity contribution in [2.75, 3.05) is 13.7 Å². The first-order valence-electron chi connectivity index (χ1n) is 7.36. The van der Waals surface area contributed by atoms with E-state index in [2.05, 4.69) is 25.5 Å². The highest BCUT2D eigenvalue weighted by molar-refractivity contribution is 5.97. The Balaban J connectivity index is 2.86. The number of Topliss-reactive ketones (excluding diaryl/α,β-unsaturated/α-hetero) is 1. The molecule has 0 aliphatic heterocycles. The SMILES string of the molecule is CCCOc1ccc(C(=O)CCC(=O)OC)cc1C(C)C. The molecule has 0 atom stereocenters. The number of benzene rings is 1. The summed E-state index contributed by atoms with van der Waals surface area (Å²) in [4.78, 5) is 23.2. The maximum atomic E-state index is 12.1. The van der Waals surface area contributed by atoms with Crippen LogP contribution in [0.1, 0.15) is 61.9 Å². The lowest BCUT2D eigenvalue weighted by Gasteiger charge is -2.15. The highest BCUT2D eigenvalue weighted by Gasteiger charge is 2.14. The lowest BCUT2D eigenvalue weighted by atomic mass is 9.97. The minimum Gasteiger partial charge on any atom is -0.493 e. The van der Waals surface area contributed by atoms with E-state index in [0.717, 1.165) is 17.7 Å². The Labute approximate surface area is 126 Å². The van der Waals surface area contributed by atoms with Crippen LogP contribution >= 0.6 is 0 Å². The molecular formula is C17H24O4. The maximum Gasteiger partial charge on any atom is 0.305 e. The Kier molecular flexibility index (Phi) is 6.92. The van der Waals surface area contributed by atoms with Gasteiger partial charge in [0.1, 0.15) is 5.75 Å². The molecule has 0 spiro atoms. The molecule has 0 amide bonds. The van der Waals surface area contributed by atoms with Crippen LogP contribution in [0.15, 0.2) is 18.2 Å². The van der Waals surface area contributed by atoms with Gasteiger partial charge in [-0.2, -0.15) is 0 Å². The van der Waals surface area contributed by atoms with Crippen LogP contribution in [0.4, 0.5) is 0 Å². The summed E-state index contributed by atoms with van der Waals surface area (Å²) in [5.41, 5.74) is 1.64. The number of ketones is 1. The highest BCUT2D eigenvalue weighted by atomic mass is 16.5. The van der Waals surface area contributed by atoms with E-state index >= 15 is 0 Å². The molecule has 0 unspecified atom stereocenters. The van der Waals surface area contributed by atoms with Crippen LogP contribution in [0.5, 0.6) is 5.75 Å². The summed E-state index contributed by atoms with van der Waals surface area (Å²) < 4.78 is 10.3. The quantitative estimate of drug-likeness (QED) is 0.541. The van der Waals surface area contributed by atoms with Crippen molar-refractivity contribution >= 4 is 11.8 Å². The fraction of sp³-hybridized carbons (Fsp3) is 0.529. The number of esters is 1. The molecule has 0 fully saturated rings. The van der Waals surface area contributed by atoms with Gasteiger partial charge in [-0.3, -0.25) is 9.59 Å². The topological polar surface area (TPSA) is 52.6 Å². The Bertz CT molecular complexity index is 492. The molecule has 21 heavy (non-hydrogen) atoms. The Morgan fingerprint density at radius 2 is 1.90 bits per heavy atom. The largest absolute Gasteiger partial charge is 0.493 e. The highest BCUT2D eigenvalue weighted by Crippen LogP contribution is 2.28. The van der Waals surface area contributed by atoms with Gasteiger partial charge in [-0.15, -0.1) is 0 Å². The predicted molar refractivity (Wildman–Crippen MR) is 81.9 cm³/mol. The van der Waals surface area contributed by atoms with Gasteiger partial charge in [-0.25, -0.2) is 0 Å². The van der Waals surface area contributed by atoms with Gasteiger partial charge in [-0.1, -0.05) is 20.8 Å². The van der Waals surface area contributed by atoms with Crippen LogP contribution in [-0.2, 0) is 9.53 Å². The van der Waals surface area contributed by atoms with Crippen LogP contribution in [0, 0.1) is 0 Å². The predicted octanol–water partition coefficient (Wildman–Crippen LogP) is 3.73. The maximum absolute atomic E-state index is 12.1. The summed E-state index contributed by atoms with van der Waals surface area (Å²) in [6.45, 7) is 6.85. The third kappa shape index (κ3) is 5.21. The van der Waals surface area contributed by atoms with E-state index in [4.69, 9.17) is 4.74 Å². The van der Waals surface area contributed by atoms with Gasteiger partial charge in [0.2, 0.25) is 0 Å². The van der Waals surface area contributed by atoms with Crippen molar-refractivity contribution in [3.05, 3.63) is 29.3 Å². The molecule has 0 bridgehead atoms. The molecule has 116 valence electrons. The fourth-order valence-corrected chi connectivity index (χ4v) is 1.98. The van der Waals surface area contributed by atoms with Gasteiger partial charge in [-0.05, 0) is 36.1 Å². The number of methoxy groups -OCH3 is 1. The lowest BCUT2D eigenvalue weighted by Crippen LogP contribution is -2.07. The summed E-state index contributed by atoms with van der Waals surface area (Å²) in [6, 6.07) is 5.47. The Morgan fingerprint density at radius 1 is 1.19 bits per heavy atom. The summed E-state index contributed by atoms with van der Waals surface area (Å²) in [5.74, 6) is 0.682. The van der Waals surface area contributed by atoms with Crippen LogP contribution in [0.2, 0.25) is 0 Å². The molecule has 4 heteroatoms. The molecule has 0 radical (unpaired) electrons.